The summed E-state index contributed by atoms with van der Waals surface area (Å²) in [6.07, 6.45) is 1.24. The zero-order valence-corrected chi connectivity index (χ0v) is 12.4. The fourth-order valence-electron chi connectivity index (χ4n) is 1.19. The highest BCUT2D eigenvalue weighted by Gasteiger charge is 2.27. The first-order valence-electron chi connectivity index (χ1n) is 5.22. The van der Waals surface area contributed by atoms with Gasteiger partial charge in [0.25, 0.3) is 0 Å². The van der Waals surface area contributed by atoms with E-state index in [1.807, 2.05) is 0 Å². The summed E-state index contributed by atoms with van der Waals surface area (Å²) in [5.74, 6) is 0. The second-order valence-corrected chi connectivity index (χ2v) is 15.3. The number of nitrogens with one attached hydrogen (secondary N) is 1. The van der Waals surface area contributed by atoms with Gasteiger partial charge in [-0.05, 0) is 6.42 Å². The van der Waals surface area contributed by atoms with Crippen molar-refractivity contribution in [1.82, 2.24) is 9.77 Å². The average molecular weight is 218 g/mol. The van der Waals surface area contributed by atoms with Gasteiger partial charge in [-0.15, -0.1) is 0 Å². The lowest BCUT2D eigenvalue weighted by Gasteiger charge is -2.39. The van der Waals surface area contributed by atoms with Crippen molar-refractivity contribution in [2.75, 3.05) is 6.54 Å². The largest absolute Gasteiger partial charge is 0.283 e. The molecule has 0 rings (SSSR count). The fraction of sp³-hybridized carbons (Fsp3) is 1.00. The van der Waals surface area contributed by atoms with Gasteiger partial charge >= 0.3 is 0 Å². The maximum atomic E-state index is 3.73. The van der Waals surface area contributed by atoms with E-state index in [0.29, 0.717) is 0 Å². The van der Waals surface area contributed by atoms with Gasteiger partial charge in [-0.3, -0.25) is 9.77 Å². The second kappa shape index (κ2) is 4.73. The minimum absolute atomic E-state index is 1.16. The van der Waals surface area contributed by atoms with Gasteiger partial charge in [-0.25, -0.2) is 0 Å². The highest BCUT2D eigenvalue weighted by molar-refractivity contribution is 6.77. The Hall–Kier alpha value is 0.354. The van der Waals surface area contributed by atoms with Crippen LogP contribution in [-0.2, 0) is 0 Å². The molecule has 0 atom stereocenters. The monoisotopic (exact) mass is 218 g/mol. The Labute approximate surface area is 85.9 Å². The van der Waals surface area contributed by atoms with Gasteiger partial charge in [0.2, 0.25) is 0 Å². The van der Waals surface area contributed by atoms with Crippen molar-refractivity contribution >= 4 is 16.5 Å². The van der Waals surface area contributed by atoms with Gasteiger partial charge in [0, 0.05) is 6.54 Å². The van der Waals surface area contributed by atoms with Gasteiger partial charge in [-0.1, -0.05) is 46.2 Å². The first-order valence-corrected chi connectivity index (χ1v) is 12.2. The van der Waals surface area contributed by atoms with Gasteiger partial charge in [0.15, 0.2) is 0 Å². The molecule has 0 aromatic carbocycles. The van der Waals surface area contributed by atoms with Crippen molar-refractivity contribution < 1.29 is 0 Å². The third-order valence-electron chi connectivity index (χ3n) is 1.73. The summed E-state index contributed by atoms with van der Waals surface area (Å²) in [7, 11) is -2.32. The number of hydrogen-bond acceptors (Lipinski definition) is 2. The molecular formula is C9H26N2Si2. The van der Waals surface area contributed by atoms with Gasteiger partial charge in [-0.2, -0.15) is 0 Å². The zero-order chi connectivity index (χ0) is 10.7. The molecule has 0 heterocycles. The smallest absolute Gasteiger partial charge is 0.135 e. The molecule has 13 heavy (non-hydrogen) atoms. The maximum absolute atomic E-state index is 3.73. The van der Waals surface area contributed by atoms with Crippen LogP contribution in [0.4, 0.5) is 0 Å². The van der Waals surface area contributed by atoms with Crippen LogP contribution in [0, 0.1) is 0 Å². The molecule has 0 aliphatic heterocycles. The standard InChI is InChI=1S/C9H26N2Si2/c1-8-9-11(13(5,6)7)10-12(2,3)4/h10H,8-9H2,1-7H3. The molecule has 0 aromatic heterocycles. The minimum atomic E-state index is -1.16. The normalized spacial score (nSPS) is 13.8. The third-order valence-corrected chi connectivity index (χ3v) is 4.85. The Morgan fingerprint density at radius 3 is 1.69 bits per heavy atom. The van der Waals surface area contributed by atoms with Crippen LogP contribution in [0.3, 0.4) is 0 Å². The lowest BCUT2D eigenvalue weighted by Crippen LogP contribution is -2.62. The van der Waals surface area contributed by atoms with Crippen molar-refractivity contribution in [3.05, 3.63) is 0 Å². The van der Waals surface area contributed by atoms with Gasteiger partial charge < -0.3 is 0 Å². The van der Waals surface area contributed by atoms with Crippen LogP contribution in [0.15, 0.2) is 0 Å². The highest BCUT2D eigenvalue weighted by Crippen LogP contribution is 2.09. The summed E-state index contributed by atoms with van der Waals surface area (Å²) >= 11 is 0. The van der Waals surface area contributed by atoms with Crippen LogP contribution in [0.25, 0.3) is 0 Å². The molecule has 0 aromatic rings. The molecule has 0 aliphatic carbocycles. The van der Waals surface area contributed by atoms with E-state index in [4.69, 9.17) is 0 Å². The predicted octanol–water partition coefficient (Wildman–Crippen LogP) is 2.87. The van der Waals surface area contributed by atoms with Crippen molar-refractivity contribution in [3.8, 4) is 0 Å². The average Bonchev–Trinajstić information content (AvgIpc) is 1.81. The molecule has 0 aliphatic rings. The van der Waals surface area contributed by atoms with E-state index in [-0.39, 0.29) is 0 Å². The number of nitrogens with zero attached hydrogens (tertiary/aromatic N) is 1. The molecule has 4 heteroatoms. The molecule has 0 bridgehead atoms. The molecule has 2 nitrogen and oxygen atoms in total. The molecule has 0 unspecified atom stereocenters. The summed E-state index contributed by atoms with van der Waals surface area (Å²) in [5, 5.41) is 3.73. The lowest BCUT2D eigenvalue weighted by atomic mass is 10.5. The summed E-state index contributed by atoms with van der Waals surface area (Å²) in [6, 6.07) is 0. The van der Waals surface area contributed by atoms with Crippen molar-refractivity contribution in [2.45, 2.75) is 52.6 Å². The molecule has 0 fully saturated rings. The van der Waals surface area contributed by atoms with Crippen LogP contribution >= 0.6 is 0 Å². The number of hydrazine groups is 1. The minimum Gasteiger partial charge on any atom is -0.283 e. The first-order chi connectivity index (χ1) is 5.67. The SMILES string of the molecule is CCCN(N[Si](C)(C)C)[Si](C)(C)C. The van der Waals surface area contributed by atoms with Gasteiger partial charge in [0.05, 0.1) is 0 Å². The Bertz CT molecular complexity index is 147. The summed E-state index contributed by atoms with van der Waals surface area (Å²) < 4.78 is 2.53. The molecule has 0 saturated heterocycles. The highest BCUT2D eigenvalue weighted by atomic mass is 28.3. The van der Waals surface area contributed by atoms with Crippen LogP contribution in [0.2, 0.25) is 39.3 Å². The first kappa shape index (κ1) is 13.4. The van der Waals surface area contributed by atoms with Crippen molar-refractivity contribution in [1.29, 1.82) is 0 Å². The fourth-order valence-corrected chi connectivity index (χ4v) is 5.35. The zero-order valence-electron chi connectivity index (χ0n) is 10.4. The van der Waals surface area contributed by atoms with Crippen molar-refractivity contribution in [2.24, 2.45) is 0 Å². The van der Waals surface area contributed by atoms with E-state index >= 15 is 0 Å². The Morgan fingerprint density at radius 2 is 1.46 bits per heavy atom. The van der Waals surface area contributed by atoms with E-state index in [9.17, 15) is 0 Å². The Morgan fingerprint density at radius 1 is 1.00 bits per heavy atom. The second-order valence-electron chi connectivity index (χ2n) is 5.68. The molecule has 0 spiro atoms. The molecule has 80 valence electrons. The molecule has 0 radical (unpaired) electrons. The number of rotatable bonds is 5. The van der Waals surface area contributed by atoms with E-state index < -0.39 is 16.5 Å². The molecule has 1 N–H and O–H groups in total. The van der Waals surface area contributed by atoms with Crippen LogP contribution < -0.4 is 5.09 Å². The Kier molecular flexibility index (Phi) is 4.86. The quantitative estimate of drug-likeness (QED) is 0.564. The number of hydrogen-bond donors (Lipinski definition) is 1. The topological polar surface area (TPSA) is 15.3 Å². The summed E-state index contributed by atoms with van der Waals surface area (Å²) in [6.45, 7) is 17.7. The lowest BCUT2D eigenvalue weighted by molar-refractivity contribution is 0.382. The van der Waals surface area contributed by atoms with E-state index in [0.717, 1.165) is 0 Å². The maximum Gasteiger partial charge on any atom is 0.135 e. The third kappa shape index (κ3) is 6.43. The molecule has 0 saturated carbocycles. The van der Waals surface area contributed by atoms with E-state index in [2.05, 4.69) is 56.0 Å². The molecular weight excluding hydrogens is 192 g/mol. The Balaban J connectivity index is 4.27. The molecule has 0 amide bonds. The van der Waals surface area contributed by atoms with E-state index in [1.54, 1.807) is 0 Å². The van der Waals surface area contributed by atoms with Crippen molar-refractivity contribution in [3.63, 3.8) is 0 Å². The van der Waals surface area contributed by atoms with Crippen LogP contribution in [0.1, 0.15) is 13.3 Å². The van der Waals surface area contributed by atoms with Crippen LogP contribution in [0.5, 0.6) is 0 Å². The van der Waals surface area contributed by atoms with Crippen LogP contribution in [-0.4, -0.2) is 27.7 Å². The van der Waals surface area contributed by atoms with E-state index in [1.165, 1.54) is 13.0 Å². The summed E-state index contributed by atoms with van der Waals surface area (Å²) in [5.41, 5.74) is 0. The van der Waals surface area contributed by atoms with Gasteiger partial charge in [0.1, 0.15) is 16.5 Å². The predicted molar refractivity (Wildman–Crippen MR) is 66.8 cm³/mol. The summed E-state index contributed by atoms with van der Waals surface area (Å²) in [4.78, 5) is 0.